The number of fused-ring (bicyclic) bond motifs is 2. The average Bonchev–Trinajstić information content (AvgIpc) is 3.10. The fraction of sp³-hybridized carbons (Fsp3) is 0.364. The summed E-state index contributed by atoms with van der Waals surface area (Å²) in [6.45, 7) is 2.02. The molecule has 2 aliphatic rings. The van der Waals surface area contributed by atoms with Crippen molar-refractivity contribution in [2.24, 2.45) is 11.8 Å². The maximum atomic E-state index is 13.1. The van der Waals surface area contributed by atoms with Gasteiger partial charge < -0.3 is 4.74 Å². The molecule has 0 heterocycles. The smallest absolute Gasteiger partial charge is 0.150 e. The zero-order valence-electron chi connectivity index (χ0n) is 14.7. The van der Waals surface area contributed by atoms with Crippen LogP contribution in [0.25, 0.3) is 0 Å². The van der Waals surface area contributed by atoms with Gasteiger partial charge in [-0.05, 0) is 73.2 Å². The number of rotatable bonds is 4. The molecule has 2 fully saturated rings. The van der Waals surface area contributed by atoms with Gasteiger partial charge in [0.05, 0.1) is 0 Å². The maximum Gasteiger partial charge on any atom is 0.150 e. The molecule has 2 aliphatic carbocycles. The number of aryl methyl sites for hydroxylation is 1. The van der Waals surface area contributed by atoms with Crippen LogP contribution in [-0.4, -0.2) is 11.6 Å². The third kappa shape index (κ3) is 2.94. The van der Waals surface area contributed by atoms with Gasteiger partial charge in [0.1, 0.15) is 23.2 Å². The molecule has 134 valence electrons. The van der Waals surface area contributed by atoms with Crippen LogP contribution in [0.4, 0.5) is 4.39 Å². The first-order valence-corrected chi connectivity index (χ1v) is 9.20. The van der Waals surface area contributed by atoms with Crippen LogP contribution in [0.2, 0.25) is 0 Å². The summed E-state index contributed by atoms with van der Waals surface area (Å²) in [5.41, 5.74) is 1.78. The Morgan fingerprint density at radius 2 is 1.58 bits per heavy atom. The van der Waals surface area contributed by atoms with Crippen LogP contribution in [0.1, 0.15) is 43.2 Å². The Morgan fingerprint density at radius 3 is 2.19 bits per heavy atom. The molecule has 0 aliphatic heterocycles. The molecule has 0 spiro atoms. The summed E-state index contributed by atoms with van der Waals surface area (Å²) in [6, 6.07) is 11.3. The van der Waals surface area contributed by atoms with Crippen LogP contribution < -0.4 is 4.74 Å². The van der Waals surface area contributed by atoms with Crippen molar-refractivity contribution in [1.82, 2.24) is 0 Å². The molecule has 0 amide bonds. The molecule has 3 nitrogen and oxygen atoms in total. The molecule has 0 aromatic heterocycles. The first-order chi connectivity index (χ1) is 12.6. The molecule has 2 aromatic carbocycles. The van der Waals surface area contributed by atoms with Crippen molar-refractivity contribution in [3.8, 4) is 11.5 Å². The van der Waals surface area contributed by atoms with Gasteiger partial charge in [-0.25, -0.2) is 4.39 Å². The molecule has 4 heteroatoms. The summed E-state index contributed by atoms with van der Waals surface area (Å²) in [6.07, 6.45) is 3.14. The summed E-state index contributed by atoms with van der Waals surface area (Å²) in [4.78, 5) is 25.7. The van der Waals surface area contributed by atoms with Crippen LogP contribution in [0.15, 0.2) is 42.5 Å². The molecular weight excluding hydrogens is 331 g/mol. The van der Waals surface area contributed by atoms with Crippen LogP contribution in [-0.2, 0) is 16.0 Å². The van der Waals surface area contributed by atoms with Gasteiger partial charge >= 0.3 is 0 Å². The minimum atomic E-state index is -0.659. The number of carbonyl (C=O) groups excluding carboxylic acids is 2. The molecular formula is C22H21FO3. The molecule has 0 N–H and O–H groups in total. The molecule has 2 saturated carbocycles. The predicted molar refractivity (Wildman–Crippen MR) is 95.9 cm³/mol. The average molecular weight is 352 g/mol. The fourth-order valence-electron chi connectivity index (χ4n) is 4.28. The van der Waals surface area contributed by atoms with Gasteiger partial charge in [0.25, 0.3) is 0 Å². The normalized spacial score (nSPS) is 24.8. The highest BCUT2D eigenvalue weighted by atomic mass is 19.1. The topological polar surface area (TPSA) is 43.4 Å². The van der Waals surface area contributed by atoms with Crippen molar-refractivity contribution in [2.75, 3.05) is 0 Å². The molecule has 4 rings (SSSR count). The number of carbonyl (C=O) groups is 2. The number of ether oxygens (including phenoxy) is 1. The lowest BCUT2D eigenvalue weighted by Gasteiger charge is -2.27. The lowest BCUT2D eigenvalue weighted by atomic mass is 9.74. The zero-order chi connectivity index (χ0) is 18.3. The molecule has 26 heavy (non-hydrogen) atoms. The Kier molecular flexibility index (Phi) is 4.35. The summed E-state index contributed by atoms with van der Waals surface area (Å²) in [5, 5.41) is 0. The third-order valence-electron chi connectivity index (χ3n) is 5.66. The molecule has 2 atom stereocenters. The maximum absolute atomic E-state index is 13.1. The Balaban J connectivity index is 1.69. The van der Waals surface area contributed by atoms with Crippen molar-refractivity contribution in [1.29, 1.82) is 0 Å². The molecule has 2 aromatic rings. The van der Waals surface area contributed by atoms with Gasteiger partial charge in [-0.3, -0.25) is 9.59 Å². The van der Waals surface area contributed by atoms with Crippen LogP contribution in [0.5, 0.6) is 11.5 Å². The largest absolute Gasteiger partial charge is 0.457 e. The van der Waals surface area contributed by atoms with Gasteiger partial charge in [-0.2, -0.15) is 0 Å². The van der Waals surface area contributed by atoms with Gasteiger partial charge in [0, 0.05) is 11.8 Å². The Labute approximate surface area is 152 Å². The van der Waals surface area contributed by atoms with E-state index in [9.17, 15) is 14.0 Å². The summed E-state index contributed by atoms with van der Waals surface area (Å²) in [5.74, 6) is 0.268. The minimum absolute atomic E-state index is 0.0223. The second-order valence-electron chi connectivity index (χ2n) is 7.21. The zero-order valence-corrected chi connectivity index (χ0v) is 14.7. The predicted octanol–water partition coefficient (Wildman–Crippen LogP) is 4.83. The van der Waals surface area contributed by atoms with E-state index in [4.69, 9.17) is 4.74 Å². The SMILES string of the molecule is CCc1ccc(Oc2ccc(F)cc2)cc1C1C(=O)C2CCC(C2)C1=O. The standard InChI is InChI=1S/C22H21FO3/c1-2-13-5-8-18(26-17-9-6-16(23)7-10-17)12-19(13)20-21(24)14-3-4-15(11-14)22(20)25/h5-10,12,14-15,20H,2-4,11H2,1H3. The van der Waals surface area contributed by atoms with Gasteiger partial charge in [0.15, 0.2) is 11.6 Å². The quantitative estimate of drug-likeness (QED) is 0.740. The summed E-state index contributed by atoms with van der Waals surface area (Å²) >= 11 is 0. The Bertz CT molecular complexity index is 834. The van der Waals surface area contributed by atoms with E-state index < -0.39 is 5.92 Å². The number of ketones is 2. The van der Waals surface area contributed by atoms with E-state index in [0.717, 1.165) is 36.8 Å². The van der Waals surface area contributed by atoms with E-state index in [1.54, 1.807) is 12.1 Å². The summed E-state index contributed by atoms with van der Waals surface area (Å²) in [7, 11) is 0. The van der Waals surface area contributed by atoms with Gasteiger partial charge in [0.2, 0.25) is 0 Å². The van der Waals surface area contributed by atoms with Gasteiger partial charge in [-0.1, -0.05) is 13.0 Å². The lowest BCUT2D eigenvalue weighted by molar-refractivity contribution is -0.135. The van der Waals surface area contributed by atoms with E-state index in [1.165, 1.54) is 12.1 Å². The highest BCUT2D eigenvalue weighted by molar-refractivity contribution is 6.12. The lowest BCUT2D eigenvalue weighted by Crippen LogP contribution is -2.35. The van der Waals surface area contributed by atoms with E-state index >= 15 is 0 Å². The van der Waals surface area contributed by atoms with E-state index in [1.807, 2.05) is 25.1 Å². The Hall–Kier alpha value is -2.49. The number of hydrogen-bond donors (Lipinski definition) is 0. The molecule has 0 saturated heterocycles. The number of Topliss-reactive ketones (excluding diaryl/α,β-unsaturated/α-hetero) is 2. The molecule has 0 radical (unpaired) electrons. The van der Waals surface area contributed by atoms with Crippen LogP contribution in [0.3, 0.4) is 0 Å². The van der Waals surface area contributed by atoms with Crippen LogP contribution in [0, 0.1) is 17.7 Å². The minimum Gasteiger partial charge on any atom is -0.457 e. The van der Waals surface area contributed by atoms with Crippen molar-refractivity contribution in [3.63, 3.8) is 0 Å². The number of hydrogen-bond acceptors (Lipinski definition) is 3. The Morgan fingerprint density at radius 1 is 0.962 bits per heavy atom. The summed E-state index contributed by atoms with van der Waals surface area (Å²) < 4.78 is 18.9. The third-order valence-corrected chi connectivity index (χ3v) is 5.66. The molecule has 2 unspecified atom stereocenters. The van der Waals surface area contributed by atoms with Crippen molar-refractivity contribution in [3.05, 3.63) is 59.4 Å². The monoisotopic (exact) mass is 352 g/mol. The van der Waals surface area contributed by atoms with Gasteiger partial charge in [-0.15, -0.1) is 0 Å². The first-order valence-electron chi connectivity index (χ1n) is 9.20. The van der Waals surface area contributed by atoms with E-state index in [2.05, 4.69) is 0 Å². The molecule has 2 bridgehead atoms. The van der Waals surface area contributed by atoms with Crippen molar-refractivity contribution < 1.29 is 18.7 Å². The van der Waals surface area contributed by atoms with Crippen molar-refractivity contribution in [2.45, 2.75) is 38.5 Å². The fourth-order valence-corrected chi connectivity index (χ4v) is 4.28. The second-order valence-corrected chi connectivity index (χ2v) is 7.21. The number of halogens is 1. The highest BCUT2D eigenvalue weighted by Gasteiger charge is 2.47. The second kappa shape index (κ2) is 6.67. The van der Waals surface area contributed by atoms with E-state index in [0.29, 0.717) is 11.5 Å². The van der Waals surface area contributed by atoms with Crippen molar-refractivity contribution >= 4 is 11.6 Å². The highest BCUT2D eigenvalue weighted by Crippen LogP contribution is 2.45. The van der Waals surface area contributed by atoms with E-state index in [-0.39, 0.29) is 29.2 Å². The number of benzene rings is 2. The first kappa shape index (κ1) is 17.0. The van der Waals surface area contributed by atoms with Crippen LogP contribution >= 0.6 is 0 Å².